The van der Waals surface area contributed by atoms with Crippen molar-refractivity contribution in [1.82, 2.24) is 0 Å². The van der Waals surface area contributed by atoms with Crippen molar-refractivity contribution in [2.45, 2.75) is 32.1 Å². The number of hydrogen-bond donors (Lipinski definition) is 1. The van der Waals surface area contributed by atoms with Gasteiger partial charge in [-0.15, -0.1) is 0 Å². The molecule has 2 atom stereocenters. The van der Waals surface area contributed by atoms with E-state index in [1.807, 2.05) is 25.1 Å². The van der Waals surface area contributed by atoms with E-state index in [0.29, 0.717) is 5.02 Å². The Morgan fingerprint density at radius 2 is 2.31 bits per heavy atom. The zero-order valence-electron chi connectivity index (χ0n) is 9.24. The summed E-state index contributed by atoms with van der Waals surface area (Å²) in [5, 5.41) is 9.90. The van der Waals surface area contributed by atoms with Crippen LogP contribution in [0.3, 0.4) is 0 Å². The molecule has 1 aromatic carbocycles. The lowest BCUT2D eigenvalue weighted by Crippen LogP contribution is -2.27. The van der Waals surface area contributed by atoms with Crippen molar-refractivity contribution in [3.8, 4) is 0 Å². The van der Waals surface area contributed by atoms with Crippen LogP contribution in [0.4, 0.5) is 0 Å². The maximum atomic E-state index is 11.2. The van der Waals surface area contributed by atoms with Crippen LogP contribution in [-0.2, 0) is 11.2 Å². The molecule has 0 fully saturated rings. The Bertz CT molecular complexity index is 414. The third kappa shape index (κ3) is 1.94. The van der Waals surface area contributed by atoms with Crippen LogP contribution in [0.1, 0.15) is 36.8 Å². The normalized spacial score (nSPS) is 23.9. The molecule has 0 amide bonds. The van der Waals surface area contributed by atoms with Crippen molar-refractivity contribution in [3.63, 3.8) is 0 Å². The second-order valence-corrected chi connectivity index (χ2v) is 4.78. The van der Waals surface area contributed by atoms with Gasteiger partial charge >= 0.3 is 5.97 Å². The van der Waals surface area contributed by atoms with Gasteiger partial charge < -0.3 is 5.11 Å². The molecule has 2 unspecified atom stereocenters. The van der Waals surface area contributed by atoms with E-state index in [9.17, 15) is 9.90 Å². The Kier molecular flexibility index (Phi) is 3.20. The lowest BCUT2D eigenvalue weighted by atomic mass is 9.74. The first-order valence-corrected chi connectivity index (χ1v) is 6.02. The fraction of sp³-hybridized carbons (Fsp3) is 0.462. The van der Waals surface area contributed by atoms with Crippen LogP contribution in [-0.4, -0.2) is 11.1 Å². The van der Waals surface area contributed by atoms with Crippen molar-refractivity contribution in [3.05, 3.63) is 34.3 Å². The van der Waals surface area contributed by atoms with Crippen molar-refractivity contribution in [2.24, 2.45) is 5.92 Å². The van der Waals surface area contributed by atoms with Gasteiger partial charge in [-0.3, -0.25) is 4.79 Å². The average Bonchev–Trinajstić information content (AvgIpc) is 2.27. The van der Waals surface area contributed by atoms with Gasteiger partial charge in [0.15, 0.2) is 0 Å². The fourth-order valence-electron chi connectivity index (χ4n) is 2.67. The molecule has 0 saturated heterocycles. The summed E-state index contributed by atoms with van der Waals surface area (Å²) in [7, 11) is 0. The Labute approximate surface area is 100 Å². The van der Waals surface area contributed by atoms with Gasteiger partial charge in [0.25, 0.3) is 0 Å². The van der Waals surface area contributed by atoms with Gasteiger partial charge in [-0.05, 0) is 48.4 Å². The lowest BCUT2D eigenvalue weighted by molar-refractivity contribution is -0.143. The molecule has 3 heteroatoms. The molecule has 1 aliphatic carbocycles. The molecule has 0 aliphatic heterocycles. The van der Waals surface area contributed by atoms with E-state index >= 15 is 0 Å². The van der Waals surface area contributed by atoms with Crippen molar-refractivity contribution >= 4 is 17.6 Å². The maximum absolute atomic E-state index is 11.2. The average molecular weight is 239 g/mol. The molecule has 86 valence electrons. The zero-order chi connectivity index (χ0) is 11.7. The van der Waals surface area contributed by atoms with Gasteiger partial charge in [0, 0.05) is 5.02 Å². The highest BCUT2D eigenvalue weighted by Gasteiger charge is 2.33. The number of fused-ring (bicyclic) bond motifs is 1. The number of benzene rings is 1. The Morgan fingerprint density at radius 1 is 1.56 bits per heavy atom. The van der Waals surface area contributed by atoms with E-state index < -0.39 is 5.97 Å². The van der Waals surface area contributed by atoms with Gasteiger partial charge in [0.1, 0.15) is 0 Å². The highest BCUT2D eigenvalue weighted by atomic mass is 35.5. The van der Waals surface area contributed by atoms with Crippen molar-refractivity contribution in [1.29, 1.82) is 0 Å². The largest absolute Gasteiger partial charge is 0.481 e. The first-order chi connectivity index (χ1) is 7.63. The number of halogens is 1. The monoisotopic (exact) mass is 238 g/mol. The van der Waals surface area contributed by atoms with E-state index in [4.69, 9.17) is 11.6 Å². The summed E-state index contributed by atoms with van der Waals surface area (Å²) in [6.07, 6.45) is 2.44. The third-order valence-corrected chi connectivity index (χ3v) is 3.71. The molecule has 1 N–H and O–H groups in total. The van der Waals surface area contributed by atoms with Crippen LogP contribution in [0.15, 0.2) is 18.2 Å². The predicted molar refractivity (Wildman–Crippen MR) is 63.9 cm³/mol. The topological polar surface area (TPSA) is 37.3 Å². The second kappa shape index (κ2) is 4.46. The first-order valence-electron chi connectivity index (χ1n) is 5.64. The van der Waals surface area contributed by atoms with Gasteiger partial charge in [0.05, 0.1) is 5.92 Å². The fourth-order valence-corrected chi connectivity index (χ4v) is 2.85. The summed E-state index contributed by atoms with van der Waals surface area (Å²) in [5.41, 5.74) is 2.39. The second-order valence-electron chi connectivity index (χ2n) is 4.34. The minimum absolute atomic E-state index is 0.111. The summed E-state index contributed by atoms with van der Waals surface area (Å²) in [5.74, 6) is -0.826. The van der Waals surface area contributed by atoms with Gasteiger partial charge in [-0.25, -0.2) is 0 Å². The molecule has 1 aromatic rings. The van der Waals surface area contributed by atoms with Crippen LogP contribution < -0.4 is 0 Å². The molecule has 0 saturated carbocycles. The maximum Gasteiger partial charge on any atom is 0.307 e. The molecular weight excluding hydrogens is 224 g/mol. The van der Waals surface area contributed by atoms with Crippen LogP contribution in [0.5, 0.6) is 0 Å². The van der Waals surface area contributed by atoms with Crippen molar-refractivity contribution < 1.29 is 9.90 Å². The number of carbonyl (C=O) groups is 1. The number of aryl methyl sites for hydroxylation is 1. The molecular formula is C13H15ClO2. The van der Waals surface area contributed by atoms with E-state index in [2.05, 4.69) is 0 Å². The van der Waals surface area contributed by atoms with E-state index in [1.165, 1.54) is 5.56 Å². The highest BCUT2D eigenvalue weighted by Crippen LogP contribution is 2.39. The van der Waals surface area contributed by atoms with E-state index in [-0.39, 0.29) is 11.8 Å². The lowest BCUT2D eigenvalue weighted by Gasteiger charge is -2.30. The minimum Gasteiger partial charge on any atom is -0.481 e. The zero-order valence-corrected chi connectivity index (χ0v) is 10.00. The SMILES string of the molecule is CCC1c2cc(Cl)ccc2CCC1C(=O)O. The molecule has 16 heavy (non-hydrogen) atoms. The van der Waals surface area contributed by atoms with Gasteiger partial charge in [0.2, 0.25) is 0 Å². The molecule has 0 radical (unpaired) electrons. The molecule has 2 nitrogen and oxygen atoms in total. The van der Waals surface area contributed by atoms with Crippen LogP contribution in [0.2, 0.25) is 5.02 Å². The number of hydrogen-bond acceptors (Lipinski definition) is 1. The molecule has 0 bridgehead atoms. The van der Waals surface area contributed by atoms with E-state index in [0.717, 1.165) is 24.8 Å². The summed E-state index contributed by atoms with van der Waals surface area (Å²) >= 11 is 5.98. The first kappa shape index (κ1) is 11.5. The smallest absolute Gasteiger partial charge is 0.307 e. The molecule has 0 spiro atoms. The molecule has 0 aromatic heterocycles. The highest BCUT2D eigenvalue weighted by molar-refractivity contribution is 6.30. The van der Waals surface area contributed by atoms with Gasteiger partial charge in [-0.2, -0.15) is 0 Å². The quantitative estimate of drug-likeness (QED) is 0.857. The van der Waals surface area contributed by atoms with E-state index in [1.54, 1.807) is 0 Å². The summed E-state index contributed by atoms with van der Waals surface area (Å²) < 4.78 is 0. The van der Waals surface area contributed by atoms with Crippen molar-refractivity contribution in [2.75, 3.05) is 0 Å². The van der Waals surface area contributed by atoms with Crippen LogP contribution >= 0.6 is 11.6 Å². The molecule has 2 rings (SSSR count). The number of aliphatic carboxylic acids is 1. The number of carboxylic acids is 1. The Hall–Kier alpha value is -1.02. The minimum atomic E-state index is -0.683. The summed E-state index contributed by atoms with van der Waals surface area (Å²) in [4.78, 5) is 11.2. The number of carboxylic acid groups (broad SMARTS) is 1. The number of rotatable bonds is 2. The summed E-state index contributed by atoms with van der Waals surface area (Å²) in [6, 6.07) is 5.84. The molecule has 0 heterocycles. The van der Waals surface area contributed by atoms with Gasteiger partial charge in [-0.1, -0.05) is 24.6 Å². The third-order valence-electron chi connectivity index (χ3n) is 3.47. The standard InChI is InChI=1S/C13H15ClO2/c1-2-10-11(13(15)16)6-4-8-3-5-9(14)7-12(8)10/h3,5,7,10-11H,2,4,6H2,1H3,(H,15,16). The Balaban J connectivity index is 2.43. The van der Waals surface area contributed by atoms with Crippen LogP contribution in [0, 0.1) is 5.92 Å². The molecule has 1 aliphatic rings. The predicted octanol–water partition coefficient (Wildman–Crippen LogP) is 3.48. The van der Waals surface area contributed by atoms with Crippen LogP contribution in [0.25, 0.3) is 0 Å². The Morgan fingerprint density at radius 3 is 2.94 bits per heavy atom. The summed E-state index contributed by atoms with van der Waals surface area (Å²) in [6.45, 7) is 2.04.